The zero-order valence-corrected chi connectivity index (χ0v) is 15.0. The minimum Gasteiger partial charge on any atom is -0.321 e. The van der Waals surface area contributed by atoms with Crippen molar-refractivity contribution in [1.82, 2.24) is 10.2 Å². The Kier molecular flexibility index (Phi) is 5.70. The number of likely N-dealkylation sites (tertiary alicyclic amines) is 1. The second-order valence-corrected chi connectivity index (χ2v) is 6.80. The Balaban J connectivity index is 1.37. The van der Waals surface area contributed by atoms with E-state index in [-0.39, 0.29) is 12.1 Å². The molecule has 0 aliphatic carbocycles. The van der Waals surface area contributed by atoms with Gasteiger partial charge in [0.25, 0.3) is 0 Å². The number of hydrogen-bond donors (Lipinski definition) is 2. The number of nitrogens with one attached hydrogen (secondary N) is 2. The lowest BCUT2D eigenvalue weighted by atomic mass is 10.1. The second-order valence-electron chi connectivity index (χ2n) is 6.80. The summed E-state index contributed by atoms with van der Waals surface area (Å²) < 4.78 is 37.6. The lowest BCUT2D eigenvalue weighted by Gasteiger charge is -2.39. The molecule has 2 N–H and O–H groups in total. The van der Waals surface area contributed by atoms with Gasteiger partial charge in [-0.25, -0.2) is 4.79 Å². The number of rotatable bonds is 5. The summed E-state index contributed by atoms with van der Waals surface area (Å²) in [6, 6.07) is 12.8. The lowest BCUT2D eigenvalue weighted by Crippen LogP contribution is -2.61. The molecule has 4 nitrogen and oxygen atoms in total. The quantitative estimate of drug-likeness (QED) is 0.825. The van der Waals surface area contributed by atoms with Gasteiger partial charge in [0, 0.05) is 24.8 Å². The molecule has 1 aliphatic heterocycles. The number of benzene rings is 2. The predicted octanol–water partition coefficient (Wildman–Crippen LogP) is 4.06. The smallest absolute Gasteiger partial charge is 0.321 e. The molecule has 2 amide bonds. The van der Waals surface area contributed by atoms with Crippen LogP contribution in [0.15, 0.2) is 48.5 Å². The molecule has 1 saturated heterocycles. The molecule has 2 aromatic carbocycles. The highest BCUT2D eigenvalue weighted by Gasteiger charge is 2.31. The molecule has 1 fully saturated rings. The van der Waals surface area contributed by atoms with Gasteiger partial charge < -0.3 is 15.5 Å². The summed E-state index contributed by atoms with van der Waals surface area (Å²) in [6.07, 6.45) is -3.45. The van der Waals surface area contributed by atoms with E-state index >= 15 is 0 Å². The van der Waals surface area contributed by atoms with Crippen molar-refractivity contribution in [1.29, 1.82) is 0 Å². The van der Waals surface area contributed by atoms with Gasteiger partial charge in [-0.1, -0.05) is 29.8 Å². The van der Waals surface area contributed by atoms with Gasteiger partial charge in [0.15, 0.2) is 0 Å². The van der Waals surface area contributed by atoms with E-state index in [4.69, 9.17) is 0 Å². The SMILES string of the molecule is Cc1ccc(CCNC2CN(C(=O)Nc3ccc(C(F)(F)F)cc3)C2)cc1. The summed E-state index contributed by atoms with van der Waals surface area (Å²) in [6.45, 7) is 4.06. The van der Waals surface area contributed by atoms with Crippen LogP contribution in [0.2, 0.25) is 0 Å². The zero-order chi connectivity index (χ0) is 19.4. The van der Waals surface area contributed by atoms with E-state index < -0.39 is 11.7 Å². The molecule has 0 spiro atoms. The van der Waals surface area contributed by atoms with Gasteiger partial charge in [0.1, 0.15) is 0 Å². The first-order chi connectivity index (χ1) is 12.8. The molecule has 0 radical (unpaired) electrons. The van der Waals surface area contributed by atoms with E-state index in [1.165, 1.54) is 23.3 Å². The van der Waals surface area contributed by atoms with Crippen LogP contribution < -0.4 is 10.6 Å². The molecule has 1 aliphatic rings. The van der Waals surface area contributed by atoms with Gasteiger partial charge in [-0.3, -0.25) is 0 Å². The Morgan fingerprint density at radius 1 is 1.07 bits per heavy atom. The van der Waals surface area contributed by atoms with Gasteiger partial charge in [0.2, 0.25) is 0 Å². The van der Waals surface area contributed by atoms with Crippen molar-refractivity contribution in [2.24, 2.45) is 0 Å². The van der Waals surface area contributed by atoms with Crippen LogP contribution in [0.3, 0.4) is 0 Å². The van der Waals surface area contributed by atoms with Crippen molar-refractivity contribution in [2.75, 3.05) is 25.0 Å². The van der Waals surface area contributed by atoms with E-state index in [0.717, 1.165) is 25.1 Å². The average Bonchev–Trinajstić information content (AvgIpc) is 2.58. The highest BCUT2D eigenvalue weighted by Crippen LogP contribution is 2.29. The highest BCUT2D eigenvalue weighted by molar-refractivity contribution is 5.89. The van der Waals surface area contributed by atoms with E-state index in [1.54, 1.807) is 4.90 Å². The number of urea groups is 1. The predicted molar refractivity (Wildman–Crippen MR) is 98.7 cm³/mol. The largest absolute Gasteiger partial charge is 0.416 e. The maximum Gasteiger partial charge on any atom is 0.416 e. The molecule has 0 aromatic heterocycles. The zero-order valence-electron chi connectivity index (χ0n) is 15.0. The fraction of sp³-hybridized carbons (Fsp3) is 0.350. The van der Waals surface area contributed by atoms with E-state index in [1.807, 2.05) is 0 Å². The van der Waals surface area contributed by atoms with Crippen molar-refractivity contribution in [3.8, 4) is 0 Å². The molecule has 0 saturated carbocycles. The number of carbonyl (C=O) groups excluding carboxylic acids is 1. The Morgan fingerprint density at radius 2 is 1.70 bits per heavy atom. The third kappa shape index (κ3) is 5.23. The number of halogens is 3. The van der Waals surface area contributed by atoms with Gasteiger partial charge >= 0.3 is 12.2 Å². The molecule has 3 rings (SSSR count). The van der Waals surface area contributed by atoms with Gasteiger partial charge in [0.05, 0.1) is 5.56 Å². The normalized spacial score (nSPS) is 14.7. The topological polar surface area (TPSA) is 44.4 Å². The summed E-state index contributed by atoms with van der Waals surface area (Å²) in [5.74, 6) is 0. The van der Waals surface area contributed by atoms with Crippen LogP contribution in [-0.2, 0) is 12.6 Å². The summed E-state index contributed by atoms with van der Waals surface area (Å²) in [4.78, 5) is 13.7. The summed E-state index contributed by atoms with van der Waals surface area (Å²) in [7, 11) is 0. The number of carbonyl (C=O) groups is 1. The molecule has 2 aromatic rings. The molecule has 1 heterocycles. The molecule has 0 bridgehead atoms. The van der Waals surface area contributed by atoms with Crippen LogP contribution in [0.5, 0.6) is 0 Å². The maximum absolute atomic E-state index is 12.5. The first-order valence-corrected chi connectivity index (χ1v) is 8.83. The fourth-order valence-electron chi connectivity index (χ4n) is 2.89. The Labute approximate surface area is 156 Å². The van der Waals surface area contributed by atoms with Crippen molar-refractivity contribution >= 4 is 11.7 Å². The molecule has 27 heavy (non-hydrogen) atoms. The third-order valence-electron chi connectivity index (χ3n) is 4.60. The first-order valence-electron chi connectivity index (χ1n) is 8.83. The monoisotopic (exact) mass is 377 g/mol. The number of amides is 2. The summed E-state index contributed by atoms with van der Waals surface area (Å²) in [5.41, 5.74) is 2.12. The molecular weight excluding hydrogens is 355 g/mol. The minimum absolute atomic E-state index is 0.244. The van der Waals surface area contributed by atoms with Crippen molar-refractivity contribution in [2.45, 2.75) is 25.6 Å². The van der Waals surface area contributed by atoms with Crippen LogP contribution in [0, 0.1) is 6.92 Å². The molecule has 144 valence electrons. The van der Waals surface area contributed by atoms with Crippen LogP contribution in [0.25, 0.3) is 0 Å². The number of anilines is 1. The molecule has 0 unspecified atom stereocenters. The summed E-state index contributed by atoms with van der Waals surface area (Å²) >= 11 is 0. The average molecular weight is 377 g/mol. The molecular formula is C20H22F3N3O. The maximum atomic E-state index is 12.5. The Hall–Kier alpha value is -2.54. The Morgan fingerprint density at radius 3 is 2.30 bits per heavy atom. The van der Waals surface area contributed by atoms with Crippen molar-refractivity contribution in [3.63, 3.8) is 0 Å². The molecule has 7 heteroatoms. The van der Waals surface area contributed by atoms with Gasteiger partial charge in [-0.15, -0.1) is 0 Å². The fourth-order valence-corrected chi connectivity index (χ4v) is 2.89. The van der Waals surface area contributed by atoms with Gasteiger partial charge in [-0.2, -0.15) is 13.2 Å². The van der Waals surface area contributed by atoms with E-state index in [2.05, 4.69) is 41.8 Å². The van der Waals surface area contributed by atoms with Crippen LogP contribution in [0.1, 0.15) is 16.7 Å². The number of hydrogen-bond acceptors (Lipinski definition) is 2. The van der Waals surface area contributed by atoms with Crippen molar-refractivity contribution < 1.29 is 18.0 Å². The first kappa shape index (κ1) is 19.2. The van der Waals surface area contributed by atoms with Gasteiger partial charge in [-0.05, 0) is 49.7 Å². The second kappa shape index (κ2) is 8.00. The minimum atomic E-state index is -4.38. The van der Waals surface area contributed by atoms with E-state index in [9.17, 15) is 18.0 Å². The van der Waals surface area contributed by atoms with Crippen molar-refractivity contribution in [3.05, 3.63) is 65.2 Å². The number of nitrogens with zero attached hydrogens (tertiary/aromatic N) is 1. The third-order valence-corrected chi connectivity index (χ3v) is 4.60. The van der Waals surface area contributed by atoms with Crippen LogP contribution >= 0.6 is 0 Å². The Bertz CT molecular complexity index is 767. The van der Waals surface area contributed by atoms with E-state index in [0.29, 0.717) is 18.8 Å². The standard InChI is InChI=1S/C20H22F3N3O/c1-14-2-4-15(5-3-14)10-11-24-18-12-26(13-18)19(27)25-17-8-6-16(7-9-17)20(21,22)23/h2-9,18,24H,10-13H2,1H3,(H,25,27). The highest BCUT2D eigenvalue weighted by atomic mass is 19.4. The number of aryl methyl sites for hydroxylation is 1. The lowest BCUT2D eigenvalue weighted by molar-refractivity contribution is -0.137. The summed E-state index contributed by atoms with van der Waals surface area (Å²) in [5, 5.41) is 6.03. The van der Waals surface area contributed by atoms with Crippen LogP contribution in [0.4, 0.5) is 23.7 Å². The molecule has 0 atom stereocenters. The van der Waals surface area contributed by atoms with Crippen LogP contribution in [-0.4, -0.2) is 36.6 Å². The number of alkyl halides is 3.